The van der Waals surface area contributed by atoms with Crippen molar-refractivity contribution in [1.29, 1.82) is 0 Å². The number of nitrogens with one attached hydrogen (secondary N) is 1. The molecule has 1 atom stereocenters. The molecule has 0 spiro atoms. The predicted molar refractivity (Wildman–Crippen MR) is 117 cm³/mol. The lowest BCUT2D eigenvalue weighted by molar-refractivity contribution is -0.125. The zero-order chi connectivity index (χ0) is 22.7. The monoisotopic (exact) mass is 459 g/mol. The fourth-order valence-corrected chi connectivity index (χ4v) is 5.14. The van der Waals surface area contributed by atoms with Crippen LogP contribution in [-0.2, 0) is 24.3 Å². The summed E-state index contributed by atoms with van der Waals surface area (Å²) in [5, 5.41) is 2.88. The Labute approximate surface area is 187 Å². The van der Waals surface area contributed by atoms with Gasteiger partial charge in [-0.1, -0.05) is 30.3 Å². The summed E-state index contributed by atoms with van der Waals surface area (Å²) in [5.74, 6) is -0.417. The fraction of sp³-hybridized carbons (Fsp3) is 0.364. The van der Waals surface area contributed by atoms with Gasteiger partial charge >= 0.3 is 0 Å². The minimum absolute atomic E-state index is 0.0412. The summed E-state index contributed by atoms with van der Waals surface area (Å²) < 4.78 is 38.1. The van der Waals surface area contributed by atoms with Crippen LogP contribution >= 0.6 is 0 Å². The minimum Gasteiger partial charge on any atom is -0.482 e. The van der Waals surface area contributed by atoms with E-state index in [9.17, 15) is 18.0 Å². The van der Waals surface area contributed by atoms with Gasteiger partial charge in [0.25, 0.3) is 5.91 Å². The van der Waals surface area contributed by atoms with Gasteiger partial charge < -0.3 is 14.8 Å². The van der Waals surface area contributed by atoms with Crippen LogP contribution < -0.4 is 15.0 Å². The molecule has 0 aliphatic carbocycles. The first-order valence-electron chi connectivity index (χ1n) is 10.4. The zero-order valence-electron chi connectivity index (χ0n) is 17.7. The van der Waals surface area contributed by atoms with Crippen LogP contribution in [0.4, 0.5) is 5.69 Å². The van der Waals surface area contributed by atoms with Crippen molar-refractivity contribution in [2.75, 3.05) is 44.4 Å². The molecule has 2 aliphatic heterocycles. The number of sulfonamides is 1. The Bertz CT molecular complexity index is 1100. The molecule has 2 aliphatic rings. The second kappa shape index (κ2) is 9.27. The van der Waals surface area contributed by atoms with Crippen molar-refractivity contribution < 1.29 is 27.5 Å². The number of fused-ring (bicyclic) bond motifs is 1. The van der Waals surface area contributed by atoms with Crippen LogP contribution in [-0.4, -0.2) is 64.0 Å². The standard InChI is InChI=1S/C22H25N3O6S/c1-16(17-5-3-2-4-6-17)23-21(26)14-25-19-13-18(7-8-20(19)31-15-22(25)27)32(28,29)24-9-11-30-12-10-24/h2-8,13,16H,9-12,14-15H2,1H3,(H,23,26)/t16-/m0/s1. The number of carbonyl (C=O) groups is 2. The second-order valence-corrected chi connectivity index (χ2v) is 9.55. The third kappa shape index (κ3) is 4.62. The number of hydrogen-bond donors (Lipinski definition) is 1. The predicted octanol–water partition coefficient (Wildman–Crippen LogP) is 1.31. The number of hydrogen-bond acceptors (Lipinski definition) is 6. The summed E-state index contributed by atoms with van der Waals surface area (Å²) in [7, 11) is -3.76. The average molecular weight is 460 g/mol. The smallest absolute Gasteiger partial charge is 0.265 e. The van der Waals surface area contributed by atoms with Crippen molar-refractivity contribution in [3.63, 3.8) is 0 Å². The maximum atomic E-state index is 13.0. The largest absolute Gasteiger partial charge is 0.482 e. The molecule has 10 heteroatoms. The van der Waals surface area contributed by atoms with E-state index in [2.05, 4.69) is 5.32 Å². The number of ether oxygens (including phenoxy) is 2. The van der Waals surface area contributed by atoms with E-state index in [4.69, 9.17) is 9.47 Å². The third-order valence-electron chi connectivity index (χ3n) is 5.46. The summed E-state index contributed by atoms with van der Waals surface area (Å²) in [6, 6.07) is 13.6. The summed E-state index contributed by atoms with van der Waals surface area (Å²) >= 11 is 0. The molecule has 2 aromatic carbocycles. The van der Waals surface area contributed by atoms with Crippen LogP contribution in [0, 0.1) is 0 Å². The summed E-state index contributed by atoms with van der Waals surface area (Å²) in [6.45, 7) is 2.58. The Kier molecular flexibility index (Phi) is 6.45. The Hall–Kier alpha value is -2.95. The second-order valence-electron chi connectivity index (χ2n) is 7.61. The molecular weight excluding hydrogens is 434 g/mol. The van der Waals surface area contributed by atoms with E-state index < -0.39 is 15.9 Å². The SMILES string of the molecule is C[C@H](NC(=O)CN1C(=O)COc2ccc(S(=O)(=O)N3CCOCC3)cc21)c1ccccc1. The number of morpholine rings is 1. The highest BCUT2D eigenvalue weighted by Crippen LogP contribution is 2.35. The van der Waals surface area contributed by atoms with Gasteiger partial charge in [0, 0.05) is 13.1 Å². The maximum absolute atomic E-state index is 13.0. The number of benzene rings is 2. The van der Waals surface area contributed by atoms with Crippen molar-refractivity contribution in [2.24, 2.45) is 0 Å². The number of amides is 2. The van der Waals surface area contributed by atoms with Gasteiger partial charge in [-0.05, 0) is 30.7 Å². The van der Waals surface area contributed by atoms with Gasteiger partial charge in [0.15, 0.2) is 6.61 Å². The number of nitrogens with zero attached hydrogens (tertiary/aromatic N) is 2. The molecule has 0 aromatic heterocycles. The van der Waals surface area contributed by atoms with Gasteiger partial charge in [-0.2, -0.15) is 4.31 Å². The van der Waals surface area contributed by atoms with E-state index in [1.165, 1.54) is 27.4 Å². The van der Waals surface area contributed by atoms with Crippen LogP contribution in [0.15, 0.2) is 53.4 Å². The molecule has 0 saturated carbocycles. The summed E-state index contributed by atoms with van der Waals surface area (Å²) in [5.41, 5.74) is 1.20. The molecule has 9 nitrogen and oxygen atoms in total. The molecule has 1 N–H and O–H groups in total. The van der Waals surface area contributed by atoms with Crippen LogP contribution in [0.1, 0.15) is 18.5 Å². The highest BCUT2D eigenvalue weighted by molar-refractivity contribution is 7.89. The quantitative estimate of drug-likeness (QED) is 0.698. The van der Waals surface area contributed by atoms with E-state index >= 15 is 0 Å². The van der Waals surface area contributed by atoms with E-state index in [0.717, 1.165) is 5.56 Å². The minimum atomic E-state index is -3.76. The van der Waals surface area contributed by atoms with E-state index in [0.29, 0.717) is 19.0 Å². The van der Waals surface area contributed by atoms with Crippen molar-refractivity contribution in [2.45, 2.75) is 17.9 Å². The van der Waals surface area contributed by atoms with E-state index in [1.54, 1.807) is 0 Å². The number of rotatable bonds is 6. The first kappa shape index (κ1) is 22.3. The lowest BCUT2D eigenvalue weighted by atomic mass is 10.1. The molecule has 170 valence electrons. The van der Waals surface area contributed by atoms with Crippen LogP contribution in [0.2, 0.25) is 0 Å². The van der Waals surface area contributed by atoms with Crippen LogP contribution in [0.25, 0.3) is 0 Å². The summed E-state index contributed by atoms with van der Waals surface area (Å²) in [6.07, 6.45) is 0. The van der Waals surface area contributed by atoms with E-state index in [-0.39, 0.29) is 48.8 Å². The lowest BCUT2D eigenvalue weighted by Crippen LogP contribution is -2.45. The Balaban J connectivity index is 1.55. The first-order valence-corrected chi connectivity index (χ1v) is 11.8. The first-order chi connectivity index (χ1) is 15.4. The molecule has 0 radical (unpaired) electrons. The Morgan fingerprint density at radius 2 is 1.84 bits per heavy atom. The van der Waals surface area contributed by atoms with Gasteiger partial charge in [-0.3, -0.25) is 14.5 Å². The molecule has 2 heterocycles. The zero-order valence-corrected chi connectivity index (χ0v) is 18.5. The lowest BCUT2D eigenvalue weighted by Gasteiger charge is -2.31. The summed E-state index contributed by atoms with van der Waals surface area (Å²) in [4.78, 5) is 26.6. The normalized spacial score (nSPS) is 17.9. The van der Waals surface area contributed by atoms with Crippen LogP contribution in [0.5, 0.6) is 5.75 Å². The van der Waals surface area contributed by atoms with Crippen molar-refractivity contribution in [1.82, 2.24) is 9.62 Å². The van der Waals surface area contributed by atoms with Crippen molar-refractivity contribution >= 4 is 27.5 Å². The van der Waals surface area contributed by atoms with Gasteiger partial charge in [0.2, 0.25) is 15.9 Å². The average Bonchev–Trinajstić information content (AvgIpc) is 2.81. The molecule has 0 unspecified atom stereocenters. The van der Waals surface area contributed by atoms with Gasteiger partial charge in [-0.25, -0.2) is 8.42 Å². The Morgan fingerprint density at radius 1 is 1.12 bits per heavy atom. The van der Waals surface area contributed by atoms with E-state index in [1.807, 2.05) is 37.3 Å². The van der Waals surface area contributed by atoms with Crippen molar-refractivity contribution in [3.8, 4) is 5.75 Å². The number of anilines is 1. The maximum Gasteiger partial charge on any atom is 0.265 e. The molecule has 0 bridgehead atoms. The Morgan fingerprint density at radius 3 is 2.56 bits per heavy atom. The molecule has 32 heavy (non-hydrogen) atoms. The van der Waals surface area contributed by atoms with Crippen molar-refractivity contribution in [3.05, 3.63) is 54.1 Å². The number of carbonyl (C=O) groups excluding carboxylic acids is 2. The highest BCUT2D eigenvalue weighted by Gasteiger charge is 2.32. The molecular formula is C22H25N3O6S. The van der Waals surface area contributed by atoms with Gasteiger partial charge in [0.1, 0.15) is 12.3 Å². The third-order valence-corrected chi connectivity index (χ3v) is 7.35. The highest BCUT2D eigenvalue weighted by atomic mass is 32.2. The molecule has 4 rings (SSSR count). The van der Waals surface area contributed by atoms with Gasteiger partial charge in [-0.15, -0.1) is 0 Å². The molecule has 1 saturated heterocycles. The topological polar surface area (TPSA) is 105 Å². The van der Waals surface area contributed by atoms with Gasteiger partial charge in [0.05, 0.1) is 29.8 Å². The van der Waals surface area contributed by atoms with Crippen LogP contribution in [0.3, 0.4) is 0 Å². The molecule has 2 aromatic rings. The molecule has 1 fully saturated rings. The fourth-order valence-electron chi connectivity index (χ4n) is 3.71. The molecule has 2 amide bonds.